The normalized spacial score (nSPS) is 13.9. The molecule has 0 atom stereocenters. The van der Waals surface area contributed by atoms with Crippen molar-refractivity contribution in [1.29, 1.82) is 0 Å². The lowest BCUT2D eigenvalue weighted by atomic mass is 10.2. The highest BCUT2D eigenvalue weighted by Gasteiger charge is 2.28. The Balaban J connectivity index is 3.65. The van der Waals surface area contributed by atoms with E-state index >= 15 is 0 Å². The maximum absolute atomic E-state index is 11.8. The Kier molecular flexibility index (Phi) is 6.63. The van der Waals surface area contributed by atoms with Gasteiger partial charge in [-0.2, -0.15) is 13.2 Å². The van der Waals surface area contributed by atoms with Crippen molar-refractivity contribution >= 4 is 9.84 Å². The molecule has 1 N–H and O–H groups in total. The zero-order valence-corrected chi connectivity index (χ0v) is 11.9. The van der Waals surface area contributed by atoms with Crippen LogP contribution in [0.15, 0.2) is 0 Å². The van der Waals surface area contributed by atoms with E-state index in [1.807, 2.05) is 0 Å². The zero-order chi connectivity index (χ0) is 14.4. The summed E-state index contributed by atoms with van der Waals surface area (Å²) < 4.78 is 58.0. The van der Waals surface area contributed by atoms with Gasteiger partial charge in [0.1, 0.15) is 0 Å². The van der Waals surface area contributed by atoms with Crippen LogP contribution >= 0.6 is 0 Å². The number of hydrogen-bond acceptors (Lipinski definition) is 3. The van der Waals surface area contributed by atoms with Gasteiger partial charge in [-0.05, 0) is 40.2 Å². The van der Waals surface area contributed by atoms with E-state index in [0.29, 0.717) is 13.0 Å². The van der Waals surface area contributed by atoms with Crippen LogP contribution in [0.2, 0.25) is 0 Å². The molecule has 110 valence electrons. The van der Waals surface area contributed by atoms with Crippen molar-refractivity contribution in [1.82, 2.24) is 5.32 Å². The van der Waals surface area contributed by atoms with E-state index in [1.54, 1.807) is 20.8 Å². The summed E-state index contributed by atoms with van der Waals surface area (Å²) in [6.45, 7) is 5.59. The Morgan fingerprint density at radius 3 is 2.00 bits per heavy atom. The van der Waals surface area contributed by atoms with Crippen LogP contribution in [-0.4, -0.2) is 38.2 Å². The molecule has 0 bridgehead atoms. The standard InChI is InChI=1S/C11H22F3NO2S/c1-10(2,3)18(16,17)9-8-15-7-5-4-6-11(12,13)14/h15H,4-9H2,1-3H3. The van der Waals surface area contributed by atoms with Crippen LogP contribution < -0.4 is 5.32 Å². The molecule has 0 spiro atoms. The molecule has 0 rings (SSSR count). The molecule has 0 saturated heterocycles. The van der Waals surface area contributed by atoms with Crippen molar-refractivity contribution in [3.8, 4) is 0 Å². The molecule has 0 aliphatic carbocycles. The van der Waals surface area contributed by atoms with Crippen molar-refractivity contribution in [2.24, 2.45) is 0 Å². The van der Waals surface area contributed by atoms with Crippen LogP contribution in [-0.2, 0) is 9.84 Å². The minimum atomic E-state index is -4.10. The van der Waals surface area contributed by atoms with Gasteiger partial charge in [0.15, 0.2) is 9.84 Å². The van der Waals surface area contributed by atoms with Gasteiger partial charge in [-0.1, -0.05) is 0 Å². The maximum atomic E-state index is 11.8. The Labute approximate surface area is 107 Å². The van der Waals surface area contributed by atoms with Crippen molar-refractivity contribution in [2.75, 3.05) is 18.8 Å². The van der Waals surface area contributed by atoms with E-state index in [2.05, 4.69) is 5.32 Å². The molecule has 0 saturated carbocycles. The second-order valence-electron chi connectivity index (χ2n) is 5.25. The molecule has 0 aromatic carbocycles. The lowest BCUT2D eigenvalue weighted by Gasteiger charge is -2.19. The summed E-state index contributed by atoms with van der Waals surface area (Å²) in [6.07, 6.45) is -4.41. The Morgan fingerprint density at radius 1 is 1.00 bits per heavy atom. The van der Waals surface area contributed by atoms with Gasteiger partial charge in [0.2, 0.25) is 0 Å². The van der Waals surface area contributed by atoms with Crippen LogP contribution in [0.3, 0.4) is 0 Å². The van der Waals surface area contributed by atoms with Gasteiger partial charge in [-0.3, -0.25) is 0 Å². The van der Waals surface area contributed by atoms with E-state index in [4.69, 9.17) is 0 Å². The van der Waals surface area contributed by atoms with Crippen LogP contribution in [0.4, 0.5) is 13.2 Å². The van der Waals surface area contributed by atoms with Gasteiger partial charge in [0.05, 0.1) is 10.5 Å². The monoisotopic (exact) mass is 289 g/mol. The highest BCUT2D eigenvalue weighted by molar-refractivity contribution is 7.92. The molecule has 0 aromatic rings. The Bertz CT molecular complexity index is 331. The van der Waals surface area contributed by atoms with Gasteiger partial charge in [-0.25, -0.2) is 8.42 Å². The molecule has 0 heterocycles. The van der Waals surface area contributed by atoms with Crippen LogP contribution in [0, 0.1) is 0 Å². The van der Waals surface area contributed by atoms with Gasteiger partial charge in [0, 0.05) is 13.0 Å². The topological polar surface area (TPSA) is 46.2 Å². The molecular formula is C11H22F3NO2S. The third kappa shape index (κ3) is 7.92. The number of hydrogen-bond donors (Lipinski definition) is 1. The molecule has 7 heteroatoms. The highest BCUT2D eigenvalue weighted by Crippen LogP contribution is 2.21. The predicted octanol–water partition coefficient (Wildman–Crippen LogP) is 2.52. The number of halogens is 3. The smallest absolute Gasteiger partial charge is 0.316 e. The van der Waals surface area contributed by atoms with E-state index in [-0.39, 0.29) is 18.7 Å². The molecule has 0 unspecified atom stereocenters. The Hall–Kier alpha value is -0.300. The number of unbranched alkanes of at least 4 members (excludes halogenated alkanes) is 1. The van der Waals surface area contributed by atoms with E-state index in [1.165, 1.54) is 0 Å². The first kappa shape index (κ1) is 17.7. The van der Waals surface area contributed by atoms with Crippen molar-refractivity contribution in [2.45, 2.75) is 51.0 Å². The van der Waals surface area contributed by atoms with E-state index in [9.17, 15) is 21.6 Å². The largest absolute Gasteiger partial charge is 0.389 e. The summed E-state index contributed by atoms with van der Waals surface area (Å²) in [5.41, 5.74) is 0. The fourth-order valence-corrected chi connectivity index (χ4v) is 2.24. The molecular weight excluding hydrogens is 267 g/mol. The first-order valence-electron chi connectivity index (χ1n) is 5.95. The summed E-state index contributed by atoms with van der Waals surface area (Å²) in [6, 6.07) is 0. The molecule has 0 aliphatic heterocycles. The molecule has 0 aliphatic rings. The van der Waals surface area contributed by atoms with E-state index < -0.39 is 27.2 Å². The van der Waals surface area contributed by atoms with Gasteiger partial charge >= 0.3 is 6.18 Å². The summed E-state index contributed by atoms with van der Waals surface area (Å²) in [7, 11) is -3.16. The summed E-state index contributed by atoms with van der Waals surface area (Å²) in [4.78, 5) is 0. The quantitative estimate of drug-likeness (QED) is 0.733. The summed E-state index contributed by atoms with van der Waals surface area (Å²) in [5.74, 6) is 0.00969. The van der Waals surface area contributed by atoms with Crippen LogP contribution in [0.1, 0.15) is 40.0 Å². The second-order valence-corrected chi connectivity index (χ2v) is 8.12. The van der Waals surface area contributed by atoms with Crippen molar-refractivity contribution < 1.29 is 21.6 Å². The maximum Gasteiger partial charge on any atom is 0.389 e. The number of rotatable bonds is 7. The lowest BCUT2D eigenvalue weighted by molar-refractivity contribution is -0.135. The third-order valence-electron chi connectivity index (χ3n) is 2.54. The first-order valence-corrected chi connectivity index (χ1v) is 7.61. The minimum absolute atomic E-state index is 0.00969. The summed E-state index contributed by atoms with van der Waals surface area (Å²) >= 11 is 0. The van der Waals surface area contributed by atoms with Crippen LogP contribution in [0.25, 0.3) is 0 Å². The van der Waals surface area contributed by atoms with Gasteiger partial charge < -0.3 is 5.32 Å². The second kappa shape index (κ2) is 6.75. The molecule has 18 heavy (non-hydrogen) atoms. The molecule has 3 nitrogen and oxygen atoms in total. The zero-order valence-electron chi connectivity index (χ0n) is 11.1. The van der Waals surface area contributed by atoms with Crippen molar-refractivity contribution in [3.63, 3.8) is 0 Å². The number of alkyl halides is 3. The highest BCUT2D eigenvalue weighted by atomic mass is 32.2. The molecule has 0 amide bonds. The van der Waals surface area contributed by atoms with Gasteiger partial charge in [0.25, 0.3) is 0 Å². The number of sulfone groups is 1. The SMILES string of the molecule is CC(C)(C)S(=O)(=O)CCNCCCCC(F)(F)F. The van der Waals surface area contributed by atoms with E-state index in [0.717, 1.165) is 0 Å². The fourth-order valence-electron chi connectivity index (χ4n) is 1.21. The average molecular weight is 289 g/mol. The molecule has 0 aromatic heterocycles. The first-order chi connectivity index (χ1) is 7.96. The van der Waals surface area contributed by atoms with Gasteiger partial charge in [-0.15, -0.1) is 0 Å². The van der Waals surface area contributed by atoms with Crippen LogP contribution in [0.5, 0.6) is 0 Å². The molecule has 0 radical (unpaired) electrons. The Morgan fingerprint density at radius 2 is 1.56 bits per heavy atom. The molecule has 0 fully saturated rings. The number of nitrogens with one attached hydrogen (secondary N) is 1. The van der Waals surface area contributed by atoms with Crippen molar-refractivity contribution in [3.05, 3.63) is 0 Å². The predicted molar refractivity (Wildman–Crippen MR) is 66.3 cm³/mol. The average Bonchev–Trinajstić information content (AvgIpc) is 2.12. The third-order valence-corrected chi connectivity index (χ3v) is 5.15. The fraction of sp³-hybridized carbons (Fsp3) is 1.00. The minimum Gasteiger partial charge on any atom is -0.316 e. The summed E-state index contributed by atoms with van der Waals surface area (Å²) in [5, 5.41) is 2.85. The lowest BCUT2D eigenvalue weighted by Crippen LogP contribution is -2.34.